The summed E-state index contributed by atoms with van der Waals surface area (Å²) in [4.78, 5) is 6.15. The molecule has 0 unspecified atom stereocenters. The molecule has 0 saturated carbocycles. The van der Waals surface area contributed by atoms with Gasteiger partial charge in [0.05, 0.1) is 27.4 Å². The average molecular weight is 256 g/mol. The number of aliphatic hydroxyl groups is 2. The number of aromatic nitrogens is 1. The standard InChI is InChI=1S/C12H20N2O4/c1-17-11-3-4-13-10(12(11)18-2)9-14(5-7-15)6-8-16/h3-4,15-16H,5-9H2,1-2H3. The van der Waals surface area contributed by atoms with Crippen molar-refractivity contribution < 1.29 is 19.7 Å². The number of hydrogen-bond acceptors (Lipinski definition) is 6. The number of methoxy groups -OCH3 is 2. The van der Waals surface area contributed by atoms with Crippen molar-refractivity contribution in [3.63, 3.8) is 0 Å². The predicted molar refractivity (Wildman–Crippen MR) is 66.8 cm³/mol. The molecule has 0 atom stereocenters. The molecule has 18 heavy (non-hydrogen) atoms. The largest absolute Gasteiger partial charge is 0.493 e. The van der Waals surface area contributed by atoms with Crippen LogP contribution in [0.15, 0.2) is 12.3 Å². The predicted octanol–water partition coefficient (Wildman–Crippen LogP) is -0.115. The Morgan fingerprint density at radius 1 is 1.17 bits per heavy atom. The van der Waals surface area contributed by atoms with Gasteiger partial charge in [0.25, 0.3) is 0 Å². The van der Waals surface area contributed by atoms with Gasteiger partial charge < -0.3 is 19.7 Å². The Bertz CT molecular complexity index is 354. The molecule has 0 fully saturated rings. The van der Waals surface area contributed by atoms with Crippen LogP contribution in [-0.4, -0.2) is 60.6 Å². The van der Waals surface area contributed by atoms with Gasteiger partial charge in [-0.15, -0.1) is 0 Å². The van der Waals surface area contributed by atoms with Crippen molar-refractivity contribution >= 4 is 0 Å². The summed E-state index contributed by atoms with van der Waals surface area (Å²) in [5.41, 5.74) is 0.721. The van der Waals surface area contributed by atoms with Crippen LogP contribution in [0.1, 0.15) is 5.69 Å². The van der Waals surface area contributed by atoms with Crippen molar-refractivity contribution in [3.8, 4) is 11.5 Å². The van der Waals surface area contributed by atoms with Crippen LogP contribution in [-0.2, 0) is 6.54 Å². The molecule has 0 radical (unpaired) electrons. The molecule has 1 rings (SSSR count). The molecular weight excluding hydrogens is 236 g/mol. The molecule has 2 N–H and O–H groups in total. The van der Waals surface area contributed by atoms with E-state index in [-0.39, 0.29) is 13.2 Å². The molecule has 1 aromatic rings. The van der Waals surface area contributed by atoms with Crippen LogP contribution in [0.25, 0.3) is 0 Å². The molecule has 0 aromatic carbocycles. The molecule has 0 amide bonds. The number of hydrogen-bond donors (Lipinski definition) is 2. The Morgan fingerprint density at radius 2 is 1.83 bits per heavy atom. The molecule has 0 saturated heterocycles. The normalized spacial score (nSPS) is 10.7. The SMILES string of the molecule is COc1ccnc(CN(CCO)CCO)c1OC. The minimum atomic E-state index is 0.0340. The highest BCUT2D eigenvalue weighted by Gasteiger charge is 2.14. The molecule has 0 aliphatic carbocycles. The number of pyridine rings is 1. The number of rotatable bonds is 8. The van der Waals surface area contributed by atoms with Crippen LogP contribution >= 0.6 is 0 Å². The van der Waals surface area contributed by atoms with E-state index < -0.39 is 0 Å². The van der Waals surface area contributed by atoms with Crippen LogP contribution < -0.4 is 9.47 Å². The lowest BCUT2D eigenvalue weighted by Crippen LogP contribution is -2.30. The third-order valence-corrected chi connectivity index (χ3v) is 2.57. The van der Waals surface area contributed by atoms with E-state index in [9.17, 15) is 0 Å². The third kappa shape index (κ3) is 3.83. The lowest BCUT2D eigenvalue weighted by molar-refractivity contribution is 0.153. The monoisotopic (exact) mass is 256 g/mol. The fourth-order valence-electron chi connectivity index (χ4n) is 1.73. The number of aliphatic hydroxyl groups excluding tert-OH is 2. The van der Waals surface area contributed by atoms with Gasteiger partial charge in [-0.1, -0.05) is 0 Å². The topological polar surface area (TPSA) is 75.1 Å². The summed E-state index contributed by atoms with van der Waals surface area (Å²) in [5, 5.41) is 17.9. The third-order valence-electron chi connectivity index (χ3n) is 2.57. The van der Waals surface area contributed by atoms with Gasteiger partial charge in [0, 0.05) is 31.9 Å². The molecule has 6 heteroatoms. The molecule has 6 nitrogen and oxygen atoms in total. The van der Waals surface area contributed by atoms with E-state index in [1.54, 1.807) is 26.5 Å². The molecule has 1 heterocycles. The molecular formula is C12H20N2O4. The number of ether oxygens (including phenoxy) is 2. The van der Waals surface area contributed by atoms with Crippen LogP contribution in [0.5, 0.6) is 11.5 Å². The van der Waals surface area contributed by atoms with Crippen LogP contribution in [0.4, 0.5) is 0 Å². The van der Waals surface area contributed by atoms with E-state index in [1.807, 2.05) is 4.90 Å². The van der Waals surface area contributed by atoms with Gasteiger partial charge in [0.1, 0.15) is 5.69 Å². The summed E-state index contributed by atoms with van der Waals surface area (Å²) in [5.74, 6) is 1.20. The fourth-order valence-corrected chi connectivity index (χ4v) is 1.73. The van der Waals surface area contributed by atoms with E-state index >= 15 is 0 Å². The minimum absolute atomic E-state index is 0.0340. The molecule has 1 aromatic heterocycles. The van der Waals surface area contributed by atoms with Crippen molar-refractivity contribution in [2.45, 2.75) is 6.54 Å². The maximum Gasteiger partial charge on any atom is 0.183 e. The first-order chi connectivity index (χ1) is 8.76. The van der Waals surface area contributed by atoms with Gasteiger partial charge in [-0.05, 0) is 0 Å². The Kier molecular flexibility index (Phi) is 6.42. The second-order valence-electron chi connectivity index (χ2n) is 3.72. The molecule has 0 spiro atoms. The second-order valence-corrected chi connectivity index (χ2v) is 3.72. The van der Waals surface area contributed by atoms with Crippen molar-refractivity contribution in [1.29, 1.82) is 0 Å². The first-order valence-electron chi connectivity index (χ1n) is 5.76. The van der Waals surface area contributed by atoms with E-state index in [0.717, 1.165) is 5.69 Å². The van der Waals surface area contributed by atoms with Gasteiger partial charge in [0.15, 0.2) is 11.5 Å². The van der Waals surface area contributed by atoms with Crippen molar-refractivity contribution in [2.75, 3.05) is 40.5 Å². The highest BCUT2D eigenvalue weighted by molar-refractivity contribution is 5.42. The minimum Gasteiger partial charge on any atom is -0.493 e. The van der Waals surface area contributed by atoms with Crippen LogP contribution in [0.3, 0.4) is 0 Å². The van der Waals surface area contributed by atoms with Crippen LogP contribution in [0.2, 0.25) is 0 Å². The van der Waals surface area contributed by atoms with Gasteiger partial charge in [-0.25, -0.2) is 0 Å². The van der Waals surface area contributed by atoms with Crippen molar-refractivity contribution in [3.05, 3.63) is 18.0 Å². The van der Waals surface area contributed by atoms with E-state index in [0.29, 0.717) is 31.1 Å². The van der Waals surface area contributed by atoms with E-state index in [4.69, 9.17) is 19.7 Å². The van der Waals surface area contributed by atoms with Crippen molar-refractivity contribution in [2.24, 2.45) is 0 Å². The summed E-state index contributed by atoms with van der Waals surface area (Å²) in [7, 11) is 3.13. The van der Waals surface area contributed by atoms with Gasteiger partial charge in [-0.2, -0.15) is 0 Å². The zero-order chi connectivity index (χ0) is 13.4. The molecule has 0 aliphatic heterocycles. The van der Waals surface area contributed by atoms with Crippen LogP contribution in [0, 0.1) is 0 Å². The highest BCUT2D eigenvalue weighted by atomic mass is 16.5. The summed E-state index contributed by atoms with van der Waals surface area (Å²) >= 11 is 0. The van der Waals surface area contributed by atoms with Crippen molar-refractivity contribution in [1.82, 2.24) is 9.88 Å². The fraction of sp³-hybridized carbons (Fsp3) is 0.583. The summed E-state index contributed by atoms with van der Waals surface area (Å²) in [6.45, 7) is 1.51. The Morgan fingerprint density at radius 3 is 2.33 bits per heavy atom. The Hall–Kier alpha value is -1.37. The van der Waals surface area contributed by atoms with Gasteiger partial charge in [-0.3, -0.25) is 9.88 Å². The maximum atomic E-state index is 8.97. The molecule has 0 bridgehead atoms. The van der Waals surface area contributed by atoms with E-state index in [2.05, 4.69) is 4.98 Å². The quantitative estimate of drug-likeness (QED) is 0.676. The van der Waals surface area contributed by atoms with Gasteiger partial charge >= 0.3 is 0 Å². The molecule has 102 valence electrons. The highest BCUT2D eigenvalue weighted by Crippen LogP contribution is 2.29. The smallest absolute Gasteiger partial charge is 0.183 e. The first kappa shape index (κ1) is 14.7. The zero-order valence-corrected chi connectivity index (χ0v) is 10.8. The number of nitrogens with zero attached hydrogens (tertiary/aromatic N) is 2. The Balaban J connectivity index is 2.87. The maximum absolute atomic E-state index is 8.97. The molecule has 0 aliphatic rings. The first-order valence-corrected chi connectivity index (χ1v) is 5.76. The van der Waals surface area contributed by atoms with E-state index in [1.165, 1.54) is 0 Å². The summed E-state index contributed by atoms with van der Waals surface area (Å²) in [6, 6.07) is 1.73. The lowest BCUT2D eigenvalue weighted by atomic mass is 10.2. The summed E-state index contributed by atoms with van der Waals surface area (Å²) in [6.07, 6.45) is 1.65. The summed E-state index contributed by atoms with van der Waals surface area (Å²) < 4.78 is 10.5. The van der Waals surface area contributed by atoms with Gasteiger partial charge in [0.2, 0.25) is 0 Å². The Labute approximate surface area is 107 Å². The second kappa shape index (κ2) is 7.86. The zero-order valence-electron chi connectivity index (χ0n) is 10.8. The lowest BCUT2D eigenvalue weighted by Gasteiger charge is -2.21. The average Bonchev–Trinajstić information content (AvgIpc) is 2.39.